The molecule has 0 amide bonds. The molecule has 7 nitrogen and oxygen atoms in total. The molecular weight excluding hydrogens is 438 g/mol. The van der Waals surface area contributed by atoms with Gasteiger partial charge in [-0.25, -0.2) is 9.36 Å². The van der Waals surface area contributed by atoms with Gasteiger partial charge < -0.3 is 14.5 Å². The Balaban J connectivity index is 1.23. The van der Waals surface area contributed by atoms with Crippen LogP contribution in [-0.2, 0) is 9.47 Å². The maximum absolute atomic E-state index is 5.91. The van der Waals surface area contributed by atoms with Crippen LogP contribution in [0.25, 0.3) is 44.1 Å². The number of rotatable bonds is 4. The first kappa shape index (κ1) is 20.9. The number of fused-ring (bicyclic) bond motifs is 3. The molecule has 5 heterocycles. The Morgan fingerprint density at radius 2 is 1.17 bits per heavy atom. The van der Waals surface area contributed by atoms with Gasteiger partial charge in [-0.15, -0.1) is 0 Å². The van der Waals surface area contributed by atoms with Crippen LogP contribution in [0.3, 0.4) is 0 Å². The third kappa shape index (κ3) is 3.85. The summed E-state index contributed by atoms with van der Waals surface area (Å²) in [6.45, 7) is 1.63. The average molecular weight is 468 g/mol. The molecule has 5 aromatic rings. The first-order valence-corrected chi connectivity index (χ1v) is 12.7. The maximum Gasteiger partial charge on any atom is 0.150 e. The van der Waals surface area contributed by atoms with Crippen molar-refractivity contribution >= 4 is 21.8 Å². The molecule has 2 unspecified atom stereocenters. The highest BCUT2D eigenvalue weighted by atomic mass is 16.5. The van der Waals surface area contributed by atoms with Gasteiger partial charge in [0.25, 0.3) is 0 Å². The summed E-state index contributed by atoms with van der Waals surface area (Å²) < 4.78 is 15.8. The molecule has 2 aromatic carbocycles. The van der Waals surface area contributed by atoms with Crippen LogP contribution in [0.5, 0.6) is 0 Å². The second-order valence-corrected chi connectivity index (χ2v) is 9.71. The molecule has 2 fully saturated rings. The number of ether oxygens (including phenoxy) is 2. The van der Waals surface area contributed by atoms with E-state index < -0.39 is 0 Å². The fourth-order valence-corrected chi connectivity index (χ4v) is 5.41. The summed E-state index contributed by atoms with van der Waals surface area (Å²) in [6.07, 6.45) is 14.9. The number of H-pyrrole nitrogens is 1. The maximum atomic E-state index is 5.91. The lowest BCUT2D eigenvalue weighted by Gasteiger charge is -2.22. The number of benzene rings is 2. The van der Waals surface area contributed by atoms with Crippen LogP contribution in [0.15, 0.2) is 61.2 Å². The van der Waals surface area contributed by atoms with Crippen molar-refractivity contribution in [1.29, 1.82) is 0 Å². The fraction of sp³-hybridized carbons (Fsp3) is 0.357. The van der Waals surface area contributed by atoms with Crippen molar-refractivity contribution in [2.45, 2.75) is 51.0 Å². The summed E-state index contributed by atoms with van der Waals surface area (Å²) >= 11 is 0. The van der Waals surface area contributed by atoms with E-state index in [0.717, 1.165) is 72.2 Å². The van der Waals surface area contributed by atoms with Crippen LogP contribution in [0, 0.1) is 0 Å². The molecule has 35 heavy (non-hydrogen) atoms. The van der Waals surface area contributed by atoms with Crippen molar-refractivity contribution in [3.63, 3.8) is 0 Å². The van der Waals surface area contributed by atoms with Gasteiger partial charge in [-0.3, -0.25) is 0 Å². The first-order chi connectivity index (χ1) is 17.3. The third-order valence-electron chi connectivity index (χ3n) is 7.37. The predicted molar refractivity (Wildman–Crippen MR) is 136 cm³/mol. The smallest absolute Gasteiger partial charge is 0.150 e. The van der Waals surface area contributed by atoms with Gasteiger partial charge in [0.2, 0.25) is 0 Å². The molecular formula is C28H29N5O2. The van der Waals surface area contributed by atoms with E-state index in [1.54, 1.807) is 0 Å². The summed E-state index contributed by atoms with van der Waals surface area (Å²) in [5.74, 6) is 0. The molecule has 178 valence electrons. The second kappa shape index (κ2) is 8.66. The SMILES string of the molecule is c1cc2[nH]c3ccc(-c4cnn(C5CCCCO5)c4)cc3c2cc1-c1cnn(C2CCCCO2)c1. The predicted octanol–water partition coefficient (Wildman–Crippen LogP) is 6.45. The fourth-order valence-electron chi connectivity index (χ4n) is 5.41. The average Bonchev–Trinajstić information content (AvgIpc) is 3.68. The Kier molecular flexibility index (Phi) is 5.17. The standard InChI is InChI=1S/C28H29N5O2/c1-3-11-34-27(5-1)32-17-21(15-29-32)19-7-9-25-23(13-19)24-14-20(8-10-26(24)31-25)22-16-30-33(18-22)28-6-2-4-12-35-28/h7-10,13-18,27-28,31H,1-6,11-12H2. The molecule has 0 saturated carbocycles. The van der Waals surface area contributed by atoms with Gasteiger partial charge >= 0.3 is 0 Å². The Morgan fingerprint density at radius 3 is 1.63 bits per heavy atom. The van der Waals surface area contributed by atoms with Gasteiger partial charge in [0, 0.05) is 58.5 Å². The van der Waals surface area contributed by atoms with Crippen molar-refractivity contribution < 1.29 is 9.47 Å². The van der Waals surface area contributed by atoms with Gasteiger partial charge in [0.15, 0.2) is 0 Å². The minimum atomic E-state index is 0.0526. The van der Waals surface area contributed by atoms with E-state index in [9.17, 15) is 0 Å². The van der Waals surface area contributed by atoms with E-state index in [1.165, 1.54) is 23.6 Å². The van der Waals surface area contributed by atoms with Crippen molar-refractivity contribution in [3.8, 4) is 22.3 Å². The van der Waals surface area contributed by atoms with Crippen LogP contribution in [-0.4, -0.2) is 37.8 Å². The summed E-state index contributed by atoms with van der Waals surface area (Å²) in [6, 6.07) is 13.2. The van der Waals surface area contributed by atoms with Gasteiger partial charge in [-0.05, 0) is 73.9 Å². The zero-order valence-electron chi connectivity index (χ0n) is 19.7. The number of aromatic nitrogens is 5. The van der Waals surface area contributed by atoms with E-state index in [-0.39, 0.29) is 12.5 Å². The molecule has 1 N–H and O–H groups in total. The summed E-state index contributed by atoms with van der Waals surface area (Å²) in [7, 11) is 0. The lowest BCUT2D eigenvalue weighted by molar-refractivity contribution is -0.0395. The Bertz CT molecular complexity index is 1370. The largest absolute Gasteiger partial charge is 0.357 e. The molecule has 0 radical (unpaired) electrons. The van der Waals surface area contributed by atoms with Crippen LogP contribution in [0.2, 0.25) is 0 Å². The van der Waals surface area contributed by atoms with Gasteiger partial charge in [0.1, 0.15) is 12.5 Å². The highest BCUT2D eigenvalue weighted by Gasteiger charge is 2.18. The normalized spacial score (nSPS) is 21.1. The van der Waals surface area contributed by atoms with Crippen LogP contribution >= 0.6 is 0 Å². The van der Waals surface area contributed by atoms with E-state index in [4.69, 9.17) is 9.47 Å². The molecule has 0 aliphatic carbocycles. The number of hydrogen-bond donors (Lipinski definition) is 1. The first-order valence-electron chi connectivity index (χ1n) is 12.7. The quantitative estimate of drug-likeness (QED) is 0.330. The number of aromatic amines is 1. The Morgan fingerprint density at radius 1 is 0.657 bits per heavy atom. The second-order valence-electron chi connectivity index (χ2n) is 9.71. The summed E-state index contributed by atoms with van der Waals surface area (Å²) in [5, 5.41) is 11.6. The Labute approximate surface area is 203 Å². The third-order valence-corrected chi connectivity index (χ3v) is 7.37. The van der Waals surface area contributed by atoms with Gasteiger partial charge in [-0.1, -0.05) is 12.1 Å². The van der Waals surface area contributed by atoms with E-state index in [0.29, 0.717) is 0 Å². The van der Waals surface area contributed by atoms with Crippen molar-refractivity contribution in [2.24, 2.45) is 0 Å². The molecule has 7 heteroatoms. The topological polar surface area (TPSA) is 69.9 Å². The van der Waals surface area contributed by atoms with Crippen LogP contribution < -0.4 is 0 Å². The zero-order chi connectivity index (χ0) is 23.2. The minimum absolute atomic E-state index is 0.0526. The van der Waals surface area contributed by atoms with E-state index >= 15 is 0 Å². The van der Waals surface area contributed by atoms with E-state index in [1.807, 2.05) is 21.8 Å². The molecule has 7 rings (SSSR count). The summed E-state index contributed by atoms with van der Waals surface area (Å²) in [4.78, 5) is 3.57. The molecule has 2 aliphatic heterocycles. The minimum Gasteiger partial charge on any atom is -0.357 e. The monoisotopic (exact) mass is 467 g/mol. The molecule has 3 aromatic heterocycles. The highest BCUT2D eigenvalue weighted by Crippen LogP contribution is 2.34. The van der Waals surface area contributed by atoms with Crippen molar-refractivity contribution in [3.05, 3.63) is 61.2 Å². The Hall–Kier alpha value is -3.42. The zero-order valence-corrected chi connectivity index (χ0v) is 19.7. The van der Waals surface area contributed by atoms with Gasteiger partial charge in [-0.2, -0.15) is 10.2 Å². The molecule has 2 saturated heterocycles. The van der Waals surface area contributed by atoms with E-state index in [2.05, 4.69) is 64.0 Å². The molecule has 2 aliphatic rings. The molecule has 0 bridgehead atoms. The lowest BCUT2D eigenvalue weighted by Crippen LogP contribution is -2.18. The molecule has 2 atom stereocenters. The van der Waals surface area contributed by atoms with Crippen molar-refractivity contribution in [1.82, 2.24) is 24.5 Å². The highest BCUT2D eigenvalue weighted by molar-refractivity contribution is 6.09. The lowest BCUT2D eigenvalue weighted by atomic mass is 10.0. The van der Waals surface area contributed by atoms with Crippen LogP contribution in [0.1, 0.15) is 51.0 Å². The summed E-state index contributed by atoms with van der Waals surface area (Å²) in [5.41, 5.74) is 6.81. The van der Waals surface area contributed by atoms with Gasteiger partial charge in [0.05, 0.1) is 12.4 Å². The molecule has 0 spiro atoms. The van der Waals surface area contributed by atoms with Crippen molar-refractivity contribution in [2.75, 3.05) is 13.2 Å². The number of hydrogen-bond acceptors (Lipinski definition) is 4. The number of nitrogens with one attached hydrogen (secondary N) is 1. The number of nitrogens with zero attached hydrogens (tertiary/aromatic N) is 4. The van der Waals surface area contributed by atoms with Crippen LogP contribution in [0.4, 0.5) is 0 Å².